The monoisotopic (exact) mass is 1470 g/mol. The van der Waals surface area contributed by atoms with E-state index in [4.69, 9.17) is 11.4 Å². The topological polar surface area (TPSA) is 159 Å². The van der Waals surface area contributed by atoms with Crippen LogP contribution in [-0.4, -0.2) is 68.0 Å². The van der Waals surface area contributed by atoms with E-state index in [1.165, 1.54) is 398 Å². The third kappa shape index (κ3) is 103. The quantitative estimate of drug-likeness (QED) is 0.0424. The predicted octanol–water partition coefficient (Wildman–Crippen LogP) is 28.0. The summed E-state index contributed by atoms with van der Waals surface area (Å²) in [5, 5.41) is 20.4. The van der Waals surface area contributed by atoms with Gasteiger partial charge in [0.1, 0.15) is 0 Å². The normalized spacial score (nSPS) is 11.0. The maximum absolute atomic E-state index is 12.8. The van der Waals surface area contributed by atoms with Crippen molar-refractivity contribution in [2.75, 3.05) is 0 Å². The van der Waals surface area contributed by atoms with Gasteiger partial charge in [-0.05, 0) is 44.9 Å². The fourth-order valence-electron chi connectivity index (χ4n) is 13.8. The van der Waals surface area contributed by atoms with Crippen LogP contribution >= 0.6 is 0 Å². The van der Waals surface area contributed by atoms with Gasteiger partial charge >= 0.3 is 38.2 Å². The SMILES string of the molecule is CCCCCCCCCCCCCCCCCC(=O)[O-].CCCCCCCCCCCCCCCCCC(=O)[O-].CCCCCCCCCCCCCCCCCC(=O)[O][Al]([O]C(=O)CCCCCCCCCCCCCCCCC)[O]C(=O)CCCCCCCCCCCCCCCCC.[Mg+2]. The minimum atomic E-state index is -3.24. The number of hydrogen-bond donors (Lipinski definition) is 0. The van der Waals surface area contributed by atoms with Crippen molar-refractivity contribution in [1.29, 1.82) is 0 Å². The fourth-order valence-corrected chi connectivity index (χ4v) is 14.9. The van der Waals surface area contributed by atoms with Crippen LogP contribution in [0.3, 0.4) is 0 Å². The molecule has 0 bridgehead atoms. The molecule has 0 unspecified atom stereocenters. The molecular weight excluding hydrogens is 1290 g/mol. The molecule has 0 heterocycles. The van der Waals surface area contributed by atoms with Crippen molar-refractivity contribution in [1.82, 2.24) is 0 Å². The molecule has 0 rings (SSSR count). The number of rotatable bonds is 83. The second kappa shape index (κ2) is 97.7. The predicted molar refractivity (Wildman–Crippen MR) is 438 cm³/mol. The van der Waals surface area contributed by atoms with Gasteiger partial charge in [-0.2, -0.15) is 0 Å². The zero-order valence-electron chi connectivity index (χ0n) is 69.4. The Kier molecular flexibility index (Phi) is 102. The van der Waals surface area contributed by atoms with Gasteiger partial charge in [0.25, 0.3) is 17.9 Å². The van der Waals surface area contributed by atoms with Crippen molar-refractivity contribution in [3.63, 3.8) is 0 Å². The summed E-state index contributed by atoms with van der Waals surface area (Å²) in [5.74, 6) is -3.04. The summed E-state index contributed by atoms with van der Waals surface area (Å²) in [6.45, 7) is 11.4. The molecule has 0 saturated carbocycles. The Balaban J connectivity index is -0.000000944. The summed E-state index contributed by atoms with van der Waals surface area (Å²) in [4.78, 5) is 58.8. The van der Waals surface area contributed by atoms with Crippen LogP contribution in [0.4, 0.5) is 0 Å². The fraction of sp³-hybridized carbons (Fsp3) is 0.944. The van der Waals surface area contributed by atoms with E-state index in [0.717, 1.165) is 83.5 Å². The molecule has 0 radical (unpaired) electrons. The molecule has 600 valence electrons. The maximum atomic E-state index is 12.8. The van der Waals surface area contributed by atoms with Crippen LogP contribution < -0.4 is 10.2 Å². The largest absolute Gasteiger partial charge is 2.00 e. The van der Waals surface area contributed by atoms with Gasteiger partial charge in [-0.1, -0.05) is 484 Å². The standard InChI is InChI=1S/5C18H36O2.Al.Mg/c5*1-2-3-4-5-6-7-8-9-10-11-12-13-14-15-16-17-18(19)20;;/h5*2-17H2,1H3,(H,19,20);;/q;;;;;+3;+2/p-5. The number of carbonyl (C=O) groups is 5. The molecule has 0 aliphatic heterocycles. The molecule has 0 aliphatic rings. The zero-order valence-corrected chi connectivity index (χ0v) is 72.0. The number of carboxylic acids is 2. The average molecular weight is 1470 g/mol. The molecular formula is C90H175AlMgO10. The van der Waals surface area contributed by atoms with Crippen LogP contribution in [0.15, 0.2) is 0 Å². The minimum Gasteiger partial charge on any atom is -0.551 e. The van der Waals surface area contributed by atoms with Crippen LogP contribution in [-0.2, 0) is 35.3 Å². The molecule has 0 N–H and O–H groups in total. The van der Waals surface area contributed by atoms with Gasteiger partial charge < -0.3 is 31.2 Å². The number of hydrogen-bond acceptors (Lipinski definition) is 10. The van der Waals surface area contributed by atoms with E-state index >= 15 is 0 Å². The molecule has 102 heavy (non-hydrogen) atoms. The van der Waals surface area contributed by atoms with Crippen LogP contribution in [0.25, 0.3) is 0 Å². The number of aliphatic carboxylic acids is 2. The van der Waals surface area contributed by atoms with Crippen LogP contribution in [0.5, 0.6) is 0 Å². The first kappa shape index (κ1) is 107. The van der Waals surface area contributed by atoms with Gasteiger partial charge in [-0.25, -0.2) is 0 Å². The molecule has 0 aromatic heterocycles. The van der Waals surface area contributed by atoms with E-state index in [2.05, 4.69) is 34.6 Å². The summed E-state index contributed by atoms with van der Waals surface area (Å²) in [5.41, 5.74) is 0. The maximum Gasteiger partial charge on any atom is 2.00 e. The minimum absolute atomic E-state index is 0. The van der Waals surface area contributed by atoms with Crippen molar-refractivity contribution < 1.29 is 45.6 Å². The number of carboxylic acid groups (broad SMARTS) is 2. The Bertz CT molecular complexity index is 1480. The number of carbonyl (C=O) groups excluding carboxylic acids is 5. The smallest absolute Gasteiger partial charge is 0.551 e. The van der Waals surface area contributed by atoms with Gasteiger partial charge in [0, 0.05) is 31.2 Å². The Morgan fingerprint density at radius 2 is 0.275 bits per heavy atom. The zero-order chi connectivity index (χ0) is 74.2. The Labute approximate surface area is 657 Å². The van der Waals surface area contributed by atoms with Crippen LogP contribution in [0.1, 0.15) is 548 Å². The van der Waals surface area contributed by atoms with Crippen molar-refractivity contribution >= 4 is 68.0 Å². The summed E-state index contributed by atoms with van der Waals surface area (Å²) in [6, 6.07) is 0. The molecule has 0 aromatic rings. The van der Waals surface area contributed by atoms with Crippen molar-refractivity contribution in [3.8, 4) is 0 Å². The molecule has 0 aromatic carbocycles. The summed E-state index contributed by atoms with van der Waals surface area (Å²) in [6.07, 6.45) is 97.5. The first-order chi connectivity index (χ1) is 49.6. The Morgan fingerprint density at radius 1 is 0.176 bits per heavy atom. The molecule has 0 amide bonds. The van der Waals surface area contributed by atoms with E-state index < -0.39 is 45.0 Å². The van der Waals surface area contributed by atoms with Crippen LogP contribution in [0.2, 0.25) is 0 Å². The van der Waals surface area contributed by atoms with Gasteiger partial charge in [-0.15, -0.1) is 0 Å². The van der Waals surface area contributed by atoms with Crippen LogP contribution in [0, 0.1) is 0 Å². The molecule has 10 nitrogen and oxygen atoms in total. The average Bonchev–Trinajstić information content (AvgIpc) is 1.13. The second-order valence-corrected chi connectivity index (χ2v) is 32.3. The molecule has 0 aliphatic carbocycles. The molecule has 0 spiro atoms. The van der Waals surface area contributed by atoms with E-state index in [-0.39, 0.29) is 55.2 Å². The summed E-state index contributed by atoms with van der Waals surface area (Å²) >= 11 is -3.24. The first-order valence-corrected chi connectivity index (χ1v) is 47.0. The van der Waals surface area contributed by atoms with E-state index in [1.807, 2.05) is 0 Å². The van der Waals surface area contributed by atoms with Crippen molar-refractivity contribution in [2.24, 2.45) is 0 Å². The van der Waals surface area contributed by atoms with Gasteiger partial charge in [0.05, 0.1) is 0 Å². The molecule has 0 fully saturated rings. The van der Waals surface area contributed by atoms with Gasteiger partial charge in [-0.3, -0.25) is 14.4 Å². The second-order valence-electron chi connectivity index (χ2n) is 31.0. The molecule has 0 atom stereocenters. The number of unbranched alkanes of at least 4 members (excludes halogenated alkanes) is 70. The van der Waals surface area contributed by atoms with E-state index in [9.17, 15) is 34.2 Å². The van der Waals surface area contributed by atoms with Gasteiger partial charge in [0.2, 0.25) is 0 Å². The van der Waals surface area contributed by atoms with E-state index in [1.54, 1.807) is 0 Å². The first-order valence-electron chi connectivity index (χ1n) is 45.6. The van der Waals surface area contributed by atoms with Gasteiger partial charge in [0.15, 0.2) is 0 Å². The Morgan fingerprint density at radius 3 is 0.382 bits per heavy atom. The summed E-state index contributed by atoms with van der Waals surface area (Å²) < 4.78 is 16.7. The molecule has 12 heteroatoms. The Hall–Kier alpha value is -1.35. The molecule has 0 saturated heterocycles. The summed E-state index contributed by atoms with van der Waals surface area (Å²) in [7, 11) is 0. The van der Waals surface area contributed by atoms with Crippen molar-refractivity contribution in [2.45, 2.75) is 548 Å². The third-order valence-corrected chi connectivity index (χ3v) is 22.0. The van der Waals surface area contributed by atoms with Crippen molar-refractivity contribution in [3.05, 3.63) is 0 Å². The third-order valence-electron chi connectivity index (χ3n) is 20.6. The van der Waals surface area contributed by atoms with E-state index in [0.29, 0.717) is 0 Å².